The molecule has 110 valence electrons. The largest absolute Gasteiger partial charge is 0.495 e. The Morgan fingerprint density at radius 3 is 2.90 bits per heavy atom. The molecule has 0 radical (unpaired) electrons. The number of benzene rings is 1. The molecule has 1 aromatic rings. The fourth-order valence-electron chi connectivity index (χ4n) is 2.19. The van der Waals surface area contributed by atoms with Crippen molar-refractivity contribution in [3.63, 3.8) is 0 Å². The lowest BCUT2D eigenvalue weighted by atomic mass is 10.0. The molecule has 1 aliphatic heterocycles. The zero-order valence-electron chi connectivity index (χ0n) is 11.3. The second-order valence-electron chi connectivity index (χ2n) is 4.50. The Labute approximate surface area is 122 Å². The number of hydrogen-bond acceptors (Lipinski definition) is 4. The number of fused-ring (bicyclic) bond motifs is 1. The monoisotopic (exact) mass is 300 g/mol. The molecular formula is C14H17ClO5. The van der Waals surface area contributed by atoms with E-state index >= 15 is 0 Å². The third-order valence-electron chi connectivity index (χ3n) is 3.06. The number of methoxy groups -OCH3 is 1. The zero-order valence-corrected chi connectivity index (χ0v) is 12.0. The van der Waals surface area contributed by atoms with Crippen LogP contribution in [0, 0.1) is 0 Å². The second-order valence-corrected chi connectivity index (χ2v) is 4.90. The van der Waals surface area contributed by atoms with E-state index in [0.717, 1.165) is 12.0 Å². The molecule has 0 amide bonds. The second kappa shape index (κ2) is 6.70. The van der Waals surface area contributed by atoms with E-state index in [4.69, 9.17) is 30.9 Å². The summed E-state index contributed by atoms with van der Waals surface area (Å²) in [6.07, 6.45) is 1.89. The van der Waals surface area contributed by atoms with E-state index in [2.05, 4.69) is 0 Å². The van der Waals surface area contributed by atoms with Crippen LogP contribution in [0.1, 0.15) is 24.8 Å². The van der Waals surface area contributed by atoms with Crippen LogP contribution in [0.25, 0.3) is 0 Å². The van der Waals surface area contributed by atoms with E-state index in [0.29, 0.717) is 48.3 Å². The van der Waals surface area contributed by atoms with Gasteiger partial charge in [-0.2, -0.15) is 0 Å². The van der Waals surface area contributed by atoms with Crippen LogP contribution in [-0.2, 0) is 11.2 Å². The molecule has 1 heterocycles. The topological polar surface area (TPSA) is 65.0 Å². The molecule has 0 saturated heterocycles. The van der Waals surface area contributed by atoms with E-state index in [1.165, 1.54) is 7.11 Å². The van der Waals surface area contributed by atoms with Crippen LogP contribution >= 0.6 is 11.6 Å². The molecule has 0 unspecified atom stereocenters. The van der Waals surface area contributed by atoms with Crippen LogP contribution in [0.3, 0.4) is 0 Å². The van der Waals surface area contributed by atoms with Crippen molar-refractivity contribution < 1.29 is 24.1 Å². The summed E-state index contributed by atoms with van der Waals surface area (Å²) in [4.78, 5) is 10.6. The van der Waals surface area contributed by atoms with Crippen LogP contribution in [0.4, 0.5) is 0 Å². The predicted molar refractivity (Wildman–Crippen MR) is 74.2 cm³/mol. The van der Waals surface area contributed by atoms with E-state index < -0.39 is 5.97 Å². The molecule has 0 saturated carbocycles. The van der Waals surface area contributed by atoms with E-state index in [1.54, 1.807) is 6.07 Å². The average Bonchev–Trinajstić information content (AvgIpc) is 2.63. The lowest BCUT2D eigenvalue weighted by Gasteiger charge is -2.17. The van der Waals surface area contributed by atoms with Gasteiger partial charge in [0, 0.05) is 24.5 Å². The van der Waals surface area contributed by atoms with Crippen molar-refractivity contribution in [2.45, 2.75) is 25.7 Å². The molecule has 1 aliphatic rings. The predicted octanol–water partition coefficient (Wildman–Crippen LogP) is 2.92. The number of aliphatic carboxylic acids is 1. The van der Waals surface area contributed by atoms with Crippen LogP contribution in [-0.4, -0.2) is 31.4 Å². The first-order valence-electron chi connectivity index (χ1n) is 6.50. The quantitative estimate of drug-likeness (QED) is 0.905. The van der Waals surface area contributed by atoms with Crippen LogP contribution in [0.15, 0.2) is 6.07 Å². The number of carbonyl (C=O) groups is 1. The molecule has 0 aliphatic carbocycles. The highest BCUT2D eigenvalue weighted by Crippen LogP contribution is 2.44. The highest BCUT2D eigenvalue weighted by atomic mass is 35.5. The number of ether oxygens (including phenoxy) is 3. The Balaban J connectivity index is 2.34. The van der Waals surface area contributed by atoms with Gasteiger partial charge in [0.05, 0.1) is 25.3 Å². The summed E-state index contributed by atoms with van der Waals surface area (Å²) in [5.74, 6) is 0.920. The Morgan fingerprint density at radius 1 is 1.45 bits per heavy atom. The summed E-state index contributed by atoms with van der Waals surface area (Å²) in [5.41, 5.74) is 0.776. The van der Waals surface area contributed by atoms with E-state index in [-0.39, 0.29) is 6.42 Å². The lowest BCUT2D eigenvalue weighted by molar-refractivity contribution is -0.137. The van der Waals surface area contributed by atoms with Crippen molar-refractivity contribution >= 4 is 17.6 Å². The van der Waals surface area contributed by atoms with Crippen molar-refractivity contribution in [3.8, 4) is 17.2 Å². The molecule has 2 rings (SSSR count). The summed E-state index contributed by atoms with van der Waals surface area (Å²) in [5, 5.41) is 9.19. The highest BCUT2D eigenvalue weighted by Gasteiger charge is 2.22. The first-order valence-corrected chi connectivity index (χ1v) is 6.88. The number of halogens is 1. The van der Waals surface area contributed by atoms with Crippen molar-refractivity contribution in [2.24, 2.45) is 0 Å². The van der Waals surface area contributed by atoms with Crippen molar-refractivity contribution in [2.75, 3.05) is 20.3 Å². The Bertz CT molecular complexity index is 501. The maximum absolute atomic E-state index is 10.6. The summed E-state index contributed by atoms with van der Waals surface area (Å²) >= 11 is 6.18. The molecule has 0 spiro atoms. The SMILES string of the molecule is COc1c(Cl)cc2c(c1CCCC(=O)O)OCCCO2. The fourth-order valence-corrected chi connectivity index (χ4v) is 2.48. The van der Waals surface area contributed by atoms with Gasteiger partial charge < -0.3 is 19.3 Å². The van der Waals surface area contributed by atoms with Crippen LogP contribution in [0.2, 0.25) is 5.02 Å². The number of hydrogen-bond donors (Lipinski definition) is 1. The maximum atomic E-state index is 10.6. The van der Waals surface area contributed by atoms with Gasteiger partial charge in [-0.3, -0.25) is 4.79 Å². The van der Waals surface area contributed by atoms with Gasteiger partial charge in [0.1, 0.15) is 5.75 Å². The zero-order chi connectivity index (χ0) is 14.5. The molecule has 5 nitrogen and oxygen atoms in total. The van der Waals surface area contributed by atoms with Crippen LogP contribution in [0.5, 0.6) is 17.2 Å². The standard InChI is InChI=1S/C14H17ClO5/c1-18-13-9(4-2-5-12(16)17)14-11(8-10(13)15)19-6-3-7-20-14/h8H,2-7H2,1H3,(H,16,17). The number of carboxylic acids is 1. The number of rotatable bonds is 5. The summed E-state index contributed by atoms with van der Waals surface area (Å²) < 4.78 is 16.7. The van der Waals surface area contributed by atoms with E-state index in [1.807, 2.05) is 0 Å². The third-order valence-corrected chi connectivity index (χ3v) is 3.34. The smallest absolute Gasteiger partial charge is 0.303 e. The van der Waals surface area contributed by atoms with Gasteiger partial charge in [-0.25, -0.2) is 0 Å². The van der Waals surface area contributed by atoms with Crippen molar-refractivity contribution in [3.05, 3.63) is 16.7 Å². The fraction of sp³-hybridized carbons (Fsp3) is 0.500. The van der Waals surface area contributed by atoms with Gasteiger partial charge in [0.25, 0.3) is 0 Å². The molecule has 6 heteroatoms. The minimum Gasteiger partial charge on any atom is -0.495 e. The molecule has 1 N–H and O–H groups in total. The molecular weight excluding hydrogens is 284 g/mol. The summed E-state index contributed by atoms with van der Waals surface area (Å²) in [6.45, 7) is 1.13. The molecule has 20 heavy (non-hydrogen) atoms. The molecule has 0 atom stereocenters. The van der Waals surface area contributed by atoms with Gasteiger partial charge in [0.15, 0.2) is 11.5 Å². The molecule has 0 bridgehead atoms. The summed E-state index contributed by atoms with van der Waals surface area (Å²) in [6, 6.07) is 1.68. The third kappa shape index (κ3) is 3.28. The van der Waals surface area contributed by atoms with Gasteiger partial charge in [-0.05, 0) is 12.8 Å². The van der Waals surface area contributed by atoms with Crippen LogP contribution < -0.4 is 14.2 Å². The Hall–Kier alpha value is -1.62. The minimum absolute atomic E-state index is 0.0886. The minimum atomic E-state index is -0.825. The van der Waals surface area contributed by atoms with Gasteiger partial charge in [0.2, 0.25) is 0 Å². The summed E-state index contributed by atoms with van der Waals surface area (Å²) in [7, 11) is 1.53. The number of carboxylic acid groups (broad SMARTS) is 1. The van der Waals surface area contributed by atoms with Crippen molar-refractivity contribution in [1.82, 2.24) is 0 Å². The Kier molecular flexibility index (Phi) is 4.95. The molecule has 1 aromatic carbocycles. The van der Waals surface area contributed by atoms with Gasteiger partial charge >= 0.3 is 5.97 Å². The Morgan fingerprint density at radius 2 is 2.20 bits per heavy atom. The van der Waals surface area contributed by atoms with Gasteiger partial charge in [-0.1, -0.05) is 11.6 Å². The maximum Gasteiger partial charge on any atom is 0.303 e. The van der Waals surface area contributed by atoms with Gasteiger partial charge in [-0.15, -0.1) is 0 Å². The molecule has 0 aromatic heterocycles. The highest BCUT2D eigenvalue weighted by molar-refractivity contribution is 6.32. The normalized spacial score (nSPS) is 13.7. The molecule has 0 fully saturated rings. The van der Waals surface area contributed by atoms with E-state index in [9.17, 15) is 4.79 Å². The lowest BCUT2D eigenvalue weighted by Crippen LogP contribution is -2.03. The first-order chi connectivity index (χ1) is 9.63. The first kappa shape index (κ1) is 14.8. The average molecular weight is 301 g/mol. The van der Waals surface area contributed by atoms with Crippen molar-refractivity contribution in [1.29, 1.82) is 0 Å².